The molecule has 0 rings (SSSR count). The first-order valence-corrected chi connectivity index (χ1v) is 3.94. The molecule has 0 bridgehead atoms. The van der Waals surface area contributed by atoms with E-state index in [-0.39, 0.29) is 12.7 Å². The largest absolute Gasteiger partial charge is 0.447 e. The predicted molar refractivity (Wildman–Crippen MR) is 45.7 cm³/mol. The van der Waals surface area contributed by atoms with Crippen LogP contribution in [0.5, 0.6) is 0 Å². The molecule has 6 heteroatoms. The highest BCUT2D eigenvalue weighted by atomic mass is 16.6. The first kappa shape index (κ1) is 12.2. The zero-order valence-electron chi connectivity index (χ0n) is 7.77. The SMILES string of the molecule is CC(C)OC(N)C(O)COC(N)=O. The molecule has 2 atom stereocenters. The fraction of sp³-hybridized carbons (Fsp3) is 0.857. The summed E-state index contributed by atoms with van der Waals surface area (Å²) in [5, 5.41) is 9.23. The molecule has 0 aromatic rings. The van der Waals surface area contributed by atoms with E-state index < -0.39 is 18.4 Å². The van der Waals surface area contributed by atoms with E-state index >= 15 is 0 Å². The molecule has 0 fully saturated rings. The molecule has 1 amide bonds. The highest BCUT2D eigenvalue weighted by Crippen LogP contribution is 1.98. The van der Waals surface area contributed by atoms with Crippen LogP contribution >= 0.6 is 0 Å². The van der Waals surface area contributed by atoms with Crippen LogP contribution in [0.1, 0.15) is 13.8 Å². The van der Waals surface area contributed by atoms with Crippen molar-refractivity contribution < 1.29 is 19.4 Å². The van der Waals surface area contributed by atoms with E-state index in [9.17, 15) is 9.90 Å². The molecule has 0 saturated heterocycles. The molecule has 0 spiro atoms. The van der Waals surface area contributed by atoms with Gasteiger partial charge in [0.2, 0.25) is 0 Å². The van der Waals surface area contributed by atoms with Gasteiger partial charge in [0.05, 0.1) is 6.10 Å². The molecular formula is C7H16N2O4. The molecule has 0 aliphatic heterocycles. The van der Waals surface area contributed by atoms with Gasteiger partial charge in [0, 0.05) is 0 Å². The monoisotopic (exact) mass is 192 g/mol. The Morgan fingerprint density at radius 3 is 2.46 bits per heavy atom. The van der Waals surface area contributed by atoms with Crippen molar-refractivity contribution in [2.45, 2.75) is 32.3 Å². The minimum atomic E-state index is -1.06. The van der Waals surface area contributed by atoms with Crippen molar-refractivity contribution in [3.05, 3.63) is 0 Å². The molecule has 0 aliphatic rings. The summed E-state index contributed by atoms with van der Waals surface area (Å²) in [5.74, 6) is 0. The molecule has 0 aromatic heterocycles. The lowest BCUT2D eigenvalue weighted by atomic mass is 10.3. The summed E-state index contributed by atoms with van der Waals surface area (Å²) in [7, 11) is 0. The summed E-state index contributed by atoms with van der Waals surface area (Å²) in [4.78, 5) is 10.2. The zero-order valence-corrected chi connectivity index (χ0v) is 7.77. The number of aliphatic hydroxyl groups excluding tert-OH is 1. The predicted octanol–water partition coefficient (Wildman–Crippen LogP) is -0.848. The van der Waals surface area contributed by atoms with Crippen LogP contribution in [0.2, 0.25) is 0 Å². The van der Waals surface area contributed by atoms with Gasteiger partial charge < -0.3 is 26.0 Å². The van der Waals surface area contributed by atoms with Gasteiger partial charge in [0.1, 0.15) is 18.9 Å². The van der Waals surface area contributed by atoms with Crippen LogP contribution in [-0.4, -0.2) is 36.2 Å². The van der Waals surface area contributed by atoms with Crippen LogP contribution in [-0.2, 0) is 9.47 Å². The summed E-state index contributed by atoms with van der Waals surface area (Å²) >= 11 is 0. The summed E-state index contributed by atoms with van der Waals surface area (Å²) < 4.78 is 9.38. The molecule has 78 valence electrons. The summed E-state index contributed by atoms with van der Waals surface area (Å²) in [6.45, 7) is 3.30. The third-order valence-electron chi connectivity index (χ3n) is 1.20. The van der Waals surface area contributed by atoms with Crippen molar-refractivity contribution in [3.8, 4) is 0 Å². The van der Waals surface area contributed by atoms with Crippen molar-refractivity contribution in [2.24, 2.45) is 11.5 Å². The van der Waals surface area contributed by atoms with Gasteiger partial charge in [-0.05, 0) is 13.8 Å². The van der Waals surface area contributed by atoms with Crippen LogP contribution in [0, 0.1) is 0 Å². The molecule has 0 saturated carbocycles. The summed E-state index contributed by atoms with van der Waals surface area (Å²) in [5.41, 5.74) is 10.1. The number of aliphatic hydroxyl groups is 1. The van der Waals surface area contributed by atoms with Gasteiger partial charge in [-0.25, -0.2) is 4.79 Å². The van der Waals surface area contributed by atoms with Gasteiger partial charge in [0.25, 0.3) is 0 Å². The maximum absolute atomic E-state index is 10.2. The Kier molecular flexibility index (Phi) is 5.36. The summed E-state index contributed by atoms with van der Waals surface area (Å²) in [6, 6.07) is 0. The lowest BCUT2D eigenvalue weighted by Gasteiger charge is -2.20. The number of primary amides is 1. The molecule has 2 unspecified atom stereocenters. The molecule has 13 heavy (non-hydrogen) atoms. The summed E-state index contributed by atoms with van der Waals surface area (Å²) in [6.07, 6.45) is -2.98. The van der Waals surface area contributed by atoms with E-state index in [0.717, 1.165) is 0 Å². The average Bonchev–Trinajstić information content (AvgIpc) is 1.98. The van der Waals surface area contributed by atoms with Gasteiger partial charge >= 0.3 is 6.09 Å². The van der Waals surface area contributed by atoms with E-state index in [4.69, 9.17) is 10.5 Å². The Morgan fingerprint density at radius 1 is 1.54 bits per heavy atom. The quantitative estimate of drug-likeness (QED) is 0.492. The molecule has 5 N–H and O–H groups in total. The second kappa shape index (κ2) is 5.74. The Labute approximate surface area is 76.8 Å². The smallest absolute Gasteiger partial charge is 0.404 e. The highest BCUT2D eigenvalue weighted by Gasteiger charge is 2.17. The maximum atomic E-state index is 10.2. The van der Waals surface area contributed by atoms with Crippen LogP contribution < -0.4 is 11.5 Å². The van der Waals surface area contributed by atoms with Gasteiger partial charge in [-0.2, -0.15) is 0 Å². The fourth-order valence-electron chi connectivity index (χ4n) is 0.667. The van der Waals surface area contributed by atoms with Crippen molar-refractivity contribution >= 4 is 6.09 Å². The van der Waals surface area contributed by atoms with Crippen LogP contribution in [0.4, 0.5) is 4.79 Å². The zero-order chi connectivity index (χ0) is 10.4. The minimum absolute atomic E-state index is 0.0989. The van der Waals surface area contributed by atoms with Crippen molar-refractivity contribution in [1.29, 1.82) is 0 Å². The Bertz CT molecular complexity index is 163. The van der Waals surface area contributed by atoms with Crippen molar-refractivity contribution in [3.63, 3.8) is 0 Å². The van der Waals surface area contributed by atoms with E-state index in [2.05, 4.69) is 10.5 Å². The molecule has 0 radical (unpaired) electrons. The number of rotatable bonds is 5. The van der Waals surface area contributed by atoms with Gasteiger partial charge in [-0.1, -0.05) is 0 Å². The number of carbonyl (C=O) groups is 1. The number of carbonyl (C=O) groups excluding carboxylic acids is 1. The Morgan fingerprint density at radius 2 is 2.08 bits per heavy atom. The minimum Gasteiger partial charge on any atom is -0.447 e. The number of hydrogen-bond donors (Lipinski definition) is 3. The Hall–Kier alpha value is -0.850. The van der Waals surface area contributed by atoms with Crippen LogP contribution in [0.15, 0.2) is 0 Å². The second-order valence-corrected chi connectivity index (χ2v) is 2.85. The molecule has 0 heterocycles. The number of amides is 1. The molecule has 0 aliphatic carbocycles. The third kappa shape index (κ3) is 6.32. The number of hydrogen-bond acceptors (Lipinski definition) is 5. The highest BCUT2D eigenvalue weighted by molar-refractivity contribution is 5.64. The molecule has 6 nitrogen and oxygen atoms in total. The van der Waals surface area contributed by atoms with Gasteiger partial charge in [-0.15, -0.1) is 0 Å². The van der Waals surface area contributed by atoms with Crippen molar-refractivity contribution in [2.75, 3.05) is 6.61 Å². The lowest BCUT2D eigenvalue weighted by Crippen LogP contribution is -2.42. The lowest BCUT2D eigenvalue weighted by molar-refractivity contribution is -0.0781. The topological polar surface area (TPSA) is 108 Å². The maximum Gasteiger partial charge on any atom is 0.404 e. The van der Waals surface area contributed by atoms with E-state index in [1.54, 1.807) is 13.8 Å². The fourth-order valence-corrected chi connectivity index (χ4v) is 0.667. The standard InChI is InChI=1S/C7H16N2O4/c1-4(2)13-6(8)5(10)3-12-7(9)11/h4-6,10H,3,8H2,1-2H3,(H2,9,11). The molecular weight excluding hydrogens is 176 g/mol. The average molecular weight is 192 g/mol. The van der Waals surface area contributed by atoms with E-state index in [1.807, 2.05) is 0 Å². The Balaban J connectivity index is 3.68. The second-order valence-electron chi connectivity index (χ2n) is 2.85. The number of ether oxygens (including phenoxy) is 2. The van der Waals surface area contributed by atoms with E-state index in [1.165, 1.54) is 0 Å². The normalized spacial score (nSPS) is 15.5. The first-order chi connectivity index (χ1) is 5.93. The third-order valence-corrected chi connectivity index (χ3v) is 1.20. The molecule has 0 aromatic carbocycles. The van der Waals surface area contributed by atoms with Crippen molar-refractivity contribution in [1.82, 2.24) is 0 Å². The number of nitrogens with two attached hydrogens (primary N) is 2. The van der Waals surface area contributed by atoms with Crippen LogP contribution in [0.3, 0.4) is 0 Å². The van der Waals surface area contributed by atoms with Gasteiger partial charge in [-0.3, -0.25) is 0 Å². The van der Waals surface area contributed by atoms with E-state index in [0.29, 0.717) is 0 Å². The van der Waals surface area contributed by atoms with Gasteiger partial charge in [0.15, 0.2) is 0 Å². The first-order valence-electron chi connectivity index (χ1n) is 3.94. The van der Waals surface area contributed by atoms with Crippen LogP contribution in [0.25, 0.3) is 0 Å².